The Bertz CT molecular complexity index is 529. The minimum Gasteiger partial charge on any atom is -0.346 e. The number of nitrogens with zero attached hydrogens (tertiary/aromatic N) is 1. The lowest BCUT2D eigenvalue weighted by molar-refractivity contribution is 0.589. The van der Waals surface area contributed by atoms with Crippen LogP contribution in [0, 0.1) is 0 Å². The van der Waals surface area contributed by atoms with Crippen molar-refractivity contribution in [1.82, 2.24) is 9.88 Å². The second-order valence-electron chi connectivity index (χ2n) is 6.35. The lowest BCUT2D eigenvalue weighted by atomic mass is 9.87. The Hall–Kier alpha value is -1.54. The molecule has 0 fully saturated rings. The Labute approximate surface area is 122 Å². The summed E-state index contributed by atoms with van der Waals surface area (Å²) in [6.07, 6.45) is 2.16. The third-order valence-electron chi connectivity index (χ3n) is 3.65. The maximum Gasteiger partial charge on any atom is 0.0473 e. The van der Waals surface area contributed by atoms with E-state index in [1.807, 2.05) is 0 Å². The first-order valence-corrected chi connectivity index (χ1v) is 7.45. The van der Waals surface area contributed by atoms with Gasteiger partial charge in [0.05, 0.1) is 0 Å². The van der Waals surface area contributed by atoms with Crippen LogP contribution in [-0.4, -0.2) is 11.1 Å². The van der Waals surface area contributed by atoms with Gasteiger partial charge in [-0.15, -0.1) is 0 Å². The van der Waals surface area contributed by atoms with Gasteiger partial charge < -0.3 is 9.88 Å². The van der Waals surface area contributed by atoms with Gasteiger partial charge in [0, 0.05) is 25.0 Å². The van der Waals surface area contributed by atoms with E-state index in [1.54, 1.807) is 0 Å². The fourth-order valence-electron chi connectivity index (χ4n) is 2.32. The molecule has 0 amide bonds. The van der Waals surface area contributed by atoms with Crippen molar-refractivity contribution < 1.29 is 0 Å². The number of hydrogen-bond acceptors (Lipinski definition) is 1. The van der Waals surface area contributed by atoms with Gasteiger partial charge in [-0.05, 0) is 35.2 Å². The van der Waals surface area contributed by atoms with E-state index in [9.17, 15) is 0 Å². The number of nitrogens with one attached hydrogen (secondary N) is 1. The van der Waals surface area contributed by atoms with Crippen LogP contribution in [0.2, 0.25) is 0 Å². The fourth-order valence-corrected chi connectivity index (χ4v) is 2.32. The first-order chi connectivity index (χ1) is 9.50. The molecule has 1 heterocycles. The van der Waals surface area contributed by atoms with Gasteiger partial charge in [-0.1, -0.05) is 52.0 Å². The molecule has 0 aliphatic carbocycles. The highest BCUT2D eigenvalue weighted by Gasteiger charge is 2.12. The maximum atomic E-state index is 3.39. The van der Waals surface area contributed by atoms with E-state index in [1.165, 1.54) is 16.8 Å². The van der Waals surface area contributed by atoms with Crippen LogP contribution in [-0.2, 0) is 18.5 Å². The number of hydrogen-bond donors (Lipinski definition) is 1. The maximum absolute atomic E-state index is 3.39. The van der Waals surface area contributed by atoms with Gasteiger partial charge in [-0.2, -0.15) is 0 Å². The zero-order chi connectivity index (χ0) is 14.6. The van der Waals surface area contributed by atoms with Crippen LogP contribution in [0.25, 0.3) is 0 Å². The zero-order valence-electron chi connectivity index (χ0n) is 13.1. The second kappa shape index (κ2) is 6.27. The predicted molar refractivity (Wildman–Crippen MR) is 86.1 cm³/mol. The summed E-state index contributed by atoms with van der Waals surface area (Å²) in [5.74, 6) is 0. The molecule has 0 atom stereocenters. The van der Waals surface area contributed by atoms with Crippen molar-refractivity contribution in [3.63, 3.8) is 0 Å². The van der Waals surface area contributed by atoms with E-state index in [0.29, 0.717) is 0 Å². The summed E-state index contributed by atoms with van der Waals surface area (Å²) >= 11 is 0. The molecule has 2 aromatic rings. The van der Waals surface area contributed by atoms with Crippen LogP contribution in [0.1, 0.15) is 44.5 Å². The molecule has 2 heteroatoms. The lowest BCUT2D eigenvalue weighted by Crippen LogP contribution is -2.15. The molecular formula is C18H26N2. The third kappa shape index (κ3) is 3.73. The Morgan fingerprint density at radius 2 is 1.75 bits per heavy atom. The monoisotopic (exact) mass is 270 g/mol. The SMILES string of the molecule is CCNCc1cccn1Cc1ccc(C(C)(C)C)cc1. The van der Waals surface area contributed by atoms with Gasteiger partial charge in [-0.3, -0.25) is 0 Å². The Kier molecular flexibility index (Phi) is 4.66. The molecule has 0 saturated heterocycles. The number of benzene rings is 1. The van der Waals surface area contributed by atoms with Gasteiger partial charge in [0.25, 0.3) is 0 Å². The van der Waals surface area contributed by atoms with Crippen LogP contribution in [0.4, 0.5) is 0 Å². The van der Waals surface area contributed by atoms with Crippen molar-refractivity contribution in [2.75, 3.05) is 6.54 Å². The van der Waals surface area contributed by atoms with E-state index in [2.05, 4.69) is 80.2 Å². The quantitative estimate of drug-likeness (QED) is 0.870. The average Bonchev–Trinajstić information content (AvgIpc) is 2.83. The zero-order valence-corrected chi connectivity index (χ0v) is 13.1. The van der Waals surface area contributed by atoms with Crippen molar-refractivity contribution in [1.29, 1.82) is 0 Å². The number of rotatable bonds is 5. The average molecular weight is 270 g/mol. The summed E-state index contributed by atoms with van der Waals surface area (Å²) < 4.78 is 2.31. The summed E-state index contributed by atoms with van der Waals surface area (Å²) in [4.78, 5) is 0. The topological polar surface area (TPSA) is 17.0 Å². The van der Waals surface area contributed by atoms with Crippen LogP contribution >= 0.6 is 0 Å². The molecule has 1 aromatic heterocycles. The van der Waals surface area contributed by atoms with Gasteiger partial charge in [0.2, 0.25) is 0 Å². The van der Waals surface area contributed by atoms with E-state index < -0.39 is 0 Å². The standard InChI is InChI=1S/C18H26N2/c1-5-19-13-17-7-6-12-20(17)14-15-8-10-16(11-9-15)18(2,3)4/h6-12,19H,5,13-14H2,1-4H3. The van der Waals surface area contributed by atoms with Gasteiger partial charge in [-0.25, -0.2) is 0 Å². The molecule has 20 heavy (non-hydrogen) atoms. The van der Waals surface area contributed by atoms with Crippen molar-refractivity contribution >= 4 is 0 Å². The van der Waals surface area contributed by atoms with Crippen molar-refractivity contribution in [3.05, 3.63) is 59.4 Å². The van der Waals surface area contributed by atoms with Crippen LogP contribution in [0.5, 0.6) is 0 Å². The second-order valence-corrected chi connectivity index (χ2v) is 6.35. The Morgan fingerprint density at radius 1 is 1.05 bits per heavy atom. The van der Waals surface area contributed by atoms with Gasteiger partial charge in [0.15, 0.2) is 0 Å². The highest BCUT2D eigenvalue weighted by molar-refractivity contribution is 5.28. The minimum absolute atomic E-state index is 0.224. The highest BCUT2D eigenvalue weighted by atomic mass is 15.0. The molecule has 2 nitrogen and oxygen atoms in total. The molecule has 1 aromatic carbocycles. The smallest absolute Gasteiger partial charge is 0.0473 e. The van der Waals surface area contributed by atoms with Crippen LogP contribution < -0.4 is 5.32 Å². The molecule has 0 saturated carbocycles. The fraction of sp³-hybridized carbons (Fsp3) is 0.444. The van der Waals surface area contributed by atoms with Gasteiger partial charge in [0.1, 0.15) is 0 Å². The first kappa shape index (κ1) is 14.9. The number of aromatic nitrogens is 1. The molecule has 2 rings (SSSR count). The molecule has 0 aliphatic rings. The van der Waals surface area contributed by atoms with Crippen molar-refractivity contribution in [3.8, 4) is 0 Å². The minimum atomic E-state index is 0.224. The summed E-state index contributed by atoms with van der Waals surface area (Å²) in [7, 11) is 0. The first-order valence-electron chi connectivity index (χ1n) is 7.45. The van der Waals surface area contributed by atoms with Gasteiger partial charge >= 0.3 is 0 Å². The highest BCUT2D eigenvalue weighted by Crippen LogP contribution is 2.22. The van der Waals surface area contributed by atoms with Crippen LogP contribution in [0.15, 0.2) is 42.6 Å². The van der Waals surface area contributed by atoms with E-state index in [4.69, 9.17) is 0 Å². The van der Waals surface area contributed by atoms with Crippen LogP contribution in [0.3, 0.4) is 0 Å². The molecule has 0 unspecified atom stereocenters. The normalized spacial score (nSPS) is 11.8. The van der Waals surface area contributed by atoms with Crippen molar-refractivity contribution in [2.24, 2.45) is 0 Å². The summed E-state index contributed by atoms with van der Waals surface area (Å²) in [6, 6.07) is 13.3. The largest absolute Gasteiger partial charge is 0.346 e. The molecule has 0 aliphatic heterocycles. The molecule has 108 valence electrons. The van der Waals surface area contributed by atoms with E-state index in [-0.39, 0.29) is 5.41 Å². The molecular weight excluding hydrogens is 244 g/mol. The summed E-state index contributed by atoms with van der Waals surface area (Å²) in [5, 5.41) is 3.39. The molecule has 0 bridgehead atoms. The lowest BCUT2D eigenvalue weighted by Gasteiger charge is -2.19. The Morgan fingerprint density at radius 3 is 2.35 bits per heavy atom. The molecule has 0 radical (unpaired) electrons. The molecule has 0 spiro atoms. The summed E-state index contributed by atoms with van der Waals surface area (Å²) in [5.41, 5.74) is 4.31. The van der Waals surface area contributed by atoms with Crippen molar-refractivity contribution in [2.45, 2.75) is 46.2 Å². The predicted octanol–water partition coefficient (Wildman–Crippen LogP) is 3.94. The Balaban J connectivity index is 2.09. The molecule has 1 N–H and O–H groups in total. The summed E-state index contributed by atoms with van der Waals surface area (Å²) in [6.45, 7) is 11.8. The van der Waals surface area contributed by atoms with E-state index in [0.717, 1.165) is 19.6 Å². The third-order valence-corrected chi connectivity index (χ3v) is 3.65. The van der Waals surface area contributed by atoms with E-state index >= 15 is 0 Å².